The molecule has 0 bridgehead atoms. The van der Waals surface area contributed by atoms with Gasteiger partial charge in [-0.1, -0.05) is 38.0 Å². The van der Waals surface area contributed by atoms with Crippen molar-refractivity contribution in [2.75, 3.05) is 0 Å². The van der Waals surface area contributed by atoms with Crippen molar-refractivity contribution in [2.24, 2.45) is 0 Å². The molecule has 0 aliphatic carbocycles. The zero-order valence-corrected chi connectivity index (χ0v) is 15.2. The van der Waals surface area contributed by atoms with Gasteiger partial charge in [0.25, 0.3) is 0 Å². The summed E-state index contributed by atoms with van der Waals surface area (Å²) < 4.78 is 63.0. The third-order valence-corrected chi connectivity index (χ3v) is 4.68. The smallest absolute Gasteiger partial charge is 0.368 e. The lowest BCUT2D eigenvalue weighted by Gasteiger charge is -2.26. The van der Waals surface area contributed by atoms with Crippen LogP contribution in [0.1, 0.15) is 51.2 Å². The first-order valence-corrected chi connectivity index (χ1v) is 8.99. The van der Waals surface area contributed by atoms with E-state index >= 15 is 0 Å². The zero-order valence-electron chi connectivity index (χ0n) is 15.2. The molecule has 1 aromatic carbocycles. The summed E-state index contributed by atoms with van der Waals surface area (Å²) in [5, 5.41) is 0. The first-order valence-electron chi connectivity index (χ1n) is 8.99. The molecule has 2 fully saturated rings. The summed E-state index contributed by atoms with van der Waals surface area (Å²) in [7, 11) is 0. The molecule has 7 heteroatoms. The van der Waals surface area contributed by atoms with Crippen LogP contribution in [0.25, 0.3) is 0 Å². The molecule has 0 spiro atoms. The second kappa shape index (κ2) is 7.46. The molecule has 0 unspecified atom stereocenters. The molecular formula is C19H25F3O4. The van der Waals surface area contributed by atoms with Crippen molar-refractivity contribution in [1.82, 2.24) is 0 Å². The molecule has 2 aliphatic heterocycles. The van der Waals surface area contributed by atoms with Gasteiger partial charge in [0, 0.05) is 0 Å². The van der Waals surface area contributed by atoms with Gasteiger partial charge in [0.2, 0.25) is 0 Å². The standard InChI is InChI=1S/C19H25F3O4/c1-4-5-10-14-15(16-17(24-14)26-18(2,3)25-16)23-11-12-8-6-7-9-13(12)19(20,21)22/h6-9,14-17H,4-5,10-11H2,1-3H3/t14-,15+,16-,17-/m1/s1. The Morgan fingerprint density at radius 1 is 1.15 bits per heavy atom. The summed E-state index contributed by atoms with van der Waals surface area (Å²) in [4.78, 5) is 0. The number of benzene rings is 1. The molecule has 4 atom stereocenters. The minimum Gasteiger partial charge on any atom is -0.368 e. The summed E-state index contributed by atoms with van der Waals surface area (Å²) in [6, 6.07) is 5.46. The van der Waals surface area contributed by atoms with Gasteiger partial charge in [0.05, 0.1) is 18.3 Å². The molecule has 0 saturated carbocycles. The fourth-order valence-corrected chi connectivity index (χ4v) is 3.49. The van der Waals surface area contributed by atoms with Crippen molar-refractivity contribution in [3.05, 3.63) is 35.4 Å². The molecule has 2 heterocycles. The topological polar surface area (TPSA) is 36.9 Å². The Morgan fingerprint density at radius 2 is 1.88 bits per heavy atom. The van der Waals surface area contributed by atoms with Gasteiger partial charge in [-0.2, -0.15) is 13.2 Å². The van der Waals surface area contributed by atoms with Crippen LogP contribution in [0.5, 0.6) is 0 Å². The number of halogens is 3. The van der Waals surface area contributed by atoms with E-state index in [9.17, 15) is 13.2 Å². The maximum atomic E-state index is 13.2. The minimum absolute atomic E-state index is 0.107. The number of rotatable bonds is 6. The van der Waals surface area contributed by atoms with Gasteiger partial charge in [0.15, 0.2) is 12.1 Å². The quantitative estimate of drug-likeness (QED) is 0.726. The Hall–Kier alpha value is -1.15. The van der Waals surface area contributed by atoms with E-state index in [0.717, 1.165) is 25.3 Å². The third kappa shape index (κ3) is 4.22. The Morgan fingerprint density at radius 3 is 2.58 bits per heavy atom. The summed E-state index contributed by atoms with van der Waals surface area (Å²) in [5.74, 6) is -0.795. The molecule has 0 radical (unpaired) electrons. The molecule has 2 saturated heterocycles. The van der Waals surface area contributed by atoms with E-state index < -0.39 is 36.0 Å². The van der Waals surface area contributed by atoms with Gasteiger partial charge in [-0.3, -0.25) is 0 Å². The summed E-state index contributed by atoms with van der Waals surface area (Å²) >= 11 is 0. The van der Waals surface area contributed by atoms with Gasteiger partial charge in [-0.25, -0.2) is 0 Å². The predicted molar refractivity (Wildman–Crippen MR) is 88.2 cm³/mol. The Balaban J connectivity index is 1.74. The fourth-order valence-electron chi connectivity index (χ4n) is 3.49. The summed E-state index contributed by atoms with van der Waals surface area (Å²) in [6.45, 7) is 5.48. The normalized spacial score (nSPS) is 30.5. The summed E-state index contributed by atoms with van der Waals surface area (Å²) in [6.07, 6.45) is -3.43. The molecule has 0 N–H and O–H groups in total. The molecule has 1 aromatic rings. The average molecular weight is 374 g/mol. The molecule has 4 nitrogen and oxygen atoms in total. The first-order chi connectivity index (χ1) is 12.2. The Bertz CT molecular complexity index is 617. The van der Waals surface area contributed by atoms with Crippen LogP contribution in [-0.2, 0) is 31.7 Å². The lowest BCUT2D eigenvalue weighted by molar-refractivity contribution is -0.219. The van der Waals surface area contributed by atoms with E-state index in [2.05, 4.69) is 6.92 Å². The first kappa shape index (κ1) is 19.6. The second-order valence-electron chi connectivity index (χ2n) is 7.22. The van der Waals surface area contributed by atoms with Crippen LogP contribution >= 0.6 is 0 Å². The molecule has 26 heavy (non-hydrogen) atoms. The molecule has 0 amide bonds. The average Bonchev–Trinajstić information content (AvgIpc) is 3.01. The van der Waals surface area contributed by atoms with Crippen molar-refractivity contribution < 1.29 is 32.1 Å². The number of unbranched alkanes of at least 4 members (excludes halogenated alkanes) is 1. The largest absolute Gasteiger partial charge is 0.416 e. The number of hydrogen-bond donors (Lipinski definition) is 0. The lowest BCUT2D eigenvalue weighted by atomic mass is 10.0. The summed E-state index contributed by atoms with van der Waals surface area (Å²) in [5.41, 5.74) is -0.569. The van der Waals surface area contributed by atoms with Crippen LogP contribution < -0.4 is 0 Å². The number of fused-ring (bicyclic) bond motifs is 1. The van der Waals surface area contributed by atoms with Gasteiger partial charge in [0.1, 0.15) is 12.2 Å². The molecule has 2 aliphatic rings. The Kier molecular flexibility index (Phi) is 5.63. The van der Waals surface area contributed by atoms with Crippen LogP contribution in [0.2, 0.25) is 0 Å². The molecule has 0 aromatic heterocycles. The highest BCUT2D eigenvalue weighted by atomic mass is 19.4. The van der Waals surface area contributed by atoms with Gasteiger partial charge in [-0.15, -0.1) is 0 Å². The van der Waals surface area contributed by atoms with Gasteiger partial charge >= 0.3 is 6.18 Å². The van der Waals surface area contributed by atoms with Gasteiger partial charge in [-0.05, 0) is 31.9 Å². The van der Waals surface area contributed by atoms with E-state index in [-0.39, 0.29) is 18.3 Å². The molecular weight excluding hydrogens is 349 g/mol. The second-order valence-corrected chi connectivity index (χ2v) is 7.22. The van der Waals surface area contributed by atoms with E-state index in [1.165, 1.54) is 12.1 Å². The predicted octanol–water partition coefficient (Wildman–Crippen LogP) is 4.66. The van der Waals surface area contributed by atoms with E-state index in [1.807, 2.05) is 0 Å². The van der Waals surface area contributed by atoms with Crippen molar-refractivity contribution in [3.63, 3.8) is 0 Å². The third-order valence-electron chi connectivity index (χ3n) is 4.68. The van der Waals surface area contributed by atoms with Crippen molar-refractivity contribution in [1.29, 1.82) is 0 Å². The lowest BCUT2D eigenvalue weighted by Crippen LogP contribution is -2.37. The van der Waals surface area contributed by atoms with Crippen LogP contribution in [0.3, 0.4) is 0 Å². The molecule has 3 rings (SSSR count). The van der Waals surface area contributed by atoms with Crippen LogP contribution in [0.4, 0.5) is 13.2 Å². The van der Waals surface area contributed by atoms with Crippen LogP contribution in [-0.4, -0.2) is 30.4 Å². The fraction of sp³-hybridized carbons (Fsp3) is 0.684. The van der Waals surface area contributed by atoms with E-state index in [4.69, 9.17) is 18.9 Å². The maximum absolute atomic E-state index is 13.2. The number of ether oxygens (including phenoxy) is 4. The van der Waals surface area contributed by atoms with Crippen molar-refractivity contribution in [3.8, 4) is 0 Å². The number of hydrogen-bond acceptors (Lipinski definition) is 4. The zero-order chi connectivity index (χ0) is 18.9. The Labute approximate surface area is 151 Å². The monoisotopic (exact) mass is 374 g/mol. The van der Waals surface area contributed by atoms with E-state index in [0.29, 0.717) is 0 Å². The van der Waals surface area contributed by atoms with Crippen molar-refractivity contribution >= 4 is 0 Å². The minimum atomic E-state index is -4.41. The maximum Gasteiger partial charge on any atom is 0.416 e. The van der Waals surface area contributed by atoms with Crippen LogP contribution in [0, 0.1) is 0 Å². The SMILES string of the molecule is CCCC[C@H]1O[C@@H]2OC(C)(C)O[C@@H]2[C@H]1OCc1ccccc1C(F)(F)F. The molecule has 146 valence electrons. The van der Waals surface area contributed by atoms with Crippen LogP contribution in [0.15, 0.2) is 24.3 Å². The van der Waals surface area contributed by atoms with Crippen molar-refractivity contribution in [2.45, 2.75) is 83.2 Å². The van der Waals surface area contributed by atoms with Gasteiger partial charge < -0.3 is 18.9 Å². The highest BCUT2D eigenvalue weighted by molar-refractivity contribution is 5.29. The number of alkyl halides is 3. The highest BCUT2D eigenvalue weighted by Crippen LogP contribution is 2.41. The highest BCUT2D eigenvalue weighted by Gasteiger charge is 2.55. The van der Waals surface area contributed by atoms with E-state index in [1.54, 1.807) is 19.9 Å².